The van der Waals surface area contributed by atoms with Gasteiger partial charge in [0.1, 0.15) is 11.6 Å². The molecule has 0 atom stereocenters. The molecule has 0 aliphatic rings. The highest BCUT2D eigenvalue weighted by Gasteiger charge is 2.18. The van der Waals surface area contributed by atoms with Crippen LogP contribution in [0.3, 0.4) is 0 Å². The minimum absolute atomic E-state index is 0.0283. The van der Waals surface area contributed by atoms with Crippen LogP contribution in [0.4, 0.5) is 8.78 Å². The summed E-state index contributed by atoms with van der Waals surface area (Å²) in [5.41, 5.74) is 0.632. The van der Waals surface area contributed by atoms with Crippen molar-refractivity contribution < 1.29 is 19.0 Å². The van der Waals surface area contributed by atoms with Gasteiger partial charge in [0.05, 0.1) is 11.9 Å². The lowest BCUT2D eigenvalue weighted by Gasteiger charge is -2.13. The van der Waals surface area contributed by atoms with Gasteiger partial charge in [-0.3, -0.25) is 4.98 Å². The van der Waals surface area contributed by atoms with Gasteiger partial charge in [-0.1, -0.05) is 13.8 Å². The maximum atomic E-state index is 14.1. The lowest BCUT2D eigenvalue weighted by Crippen LogP contribution is -1.94. The van der Waals surface area contributed by atoms with Crippen molar-refractivity contribution >= 4 is 12.2 Å². The Hall–Kier alpha value is -2.43. The van der Waals surface area contributed by atoms with E-state index in [1.165, 1.54) is 30.4 Å². The zero-order valence-corrected chi connectivity index (χ0v) is 11.6. The van der Waals surface area contributed by atoms with E-state index in [1.54, 1.807) is 13.8 Å². The number of nitrogens with zero attached hydrogens (tertiary/aromatic N) is 1. The van der Waals surface area contributed by atoms with Crippen LogP contribution in [0.1, 0.15) is 36.6 Å². The van der Waals surface area contributed by atoms with Crippen LogP contribution in [0.15, 0.2) is 24.4 Å². The molecule has 0 amide bonds. The van der Waals surface area contributed by atoms with Crippen molar-refractivity contribution in [2.45, 2.75) is 19.8 Å². The number of benzene rings is 1. The number of hydrogen-bond acceptors (Lipinski definition) is 3. The quantitative estimate of drug-likeness (QED) is 0.896. The fourth-order valence-electron chi connectivity index (χ4n) is 2.02. The molecule has 5 heteroatoms. The molecule has 21 heavy (non-hydrogen) atoms. The Labute approximate surface area is 121 Å². The molecule has 1 heterocycles. The standard InChI is InChI=1S/C16H15F2NO2/c1-9(2)14-13(20)7-10(15(18)16(14)21)3-5-12-6-4-11(17)8-19-12/h3-9,20-21H,1-2H3. The van der Waals surface area contributed by atoms with Crippen LogP contribution in [0.2, 0.25) is 0 Å². The topological polar surface area (TPSA) is 53.4 Å². The highest BCUT2D eigenvalue weighted by molar-refractivity contribution is 5.71. The Bertz CT molecular complexity index is 680. The summed E-state index contributed by atoms with van der Waals surface area (Å²) < 4.78 is 26.8. The lowest BCUT2D eigenvalue weighted by atomic mass is 9.98. The lowest BCUT2D eigenvalue weighted by molar-refractivity contribution is 0.404. The van der Waals surface area contributed by atoms with E-state index >= 15 is 0 Å². The van der Waals surface area contributed by atoms with Gasteiger partial charge in [-0.05, 0) is 36.3 Å². The second kappa shape index (κ2) is 5.91. The molecule has 2 aromatic rings. The molecule has 0 unspecified atom stereocenters. The molecule has 0 aliphatic heterocycles. The van der Waals surface area contributed by atoms with Crippen molar-refractivity contribution in [2.24, 2.45) is 0 Å². The maximum absolute atomic E-state index is 14.1. The van der Waals surface area contributed by atoms with Gasteiger partial charge in [0.15, 0.2) is 11.6 Å². The van der Waals surface area contributed by atoms with Gasteiger partial charge in [0.25, 0.3) is 0 Å². The summed E-state index contributed by atoms with van der Waals surface area (Å²) in [5, 5.41) is 19.7. The van der Waals surface area contributed by atoms with Crippen molar-refractivity contribution in [1.82, 2.24) is 4.98 Å². The van der Waals surface area contributed by atoms with Gasteiger partial charge < -0.3 is 10.2 Å². The normalized spacial score (nSPS) is 11.5. The van der Waals surface area contributed by atoms with Gasteiger partial charge >= 0.3 is 0 Å². The fraction of sp³-hybridized carbons (Fsp3) is 0.188. The average molecular weight is 291 g/mol. The average Bonchev–Trinajstić information content (AvgIpc) is 2.42. The Balaban J connectivity index is 2.39. The van der Waals surface area contributed by atoms with Crippen molar-refractivity contribution in [3.63, 3.8) is 0 Å². The molecular weight excluding hydrogens is 276 g/mol. The number of rotatable bonds is 3. The molecule has 0 aliphatic carbocycles. The van der Waals surface area contributed by atoms with Crippen molar-refractivity contribution in [1.29, 1.82) is 0 Å². The van der Waals surface area contributed by atoms with Crippen LogP contribution in [0.25, 0.3) is 12.2 Å². The Morgan fingerprint density at radius 1 is 1.14 bits per heavy atom. The summed E-state index contributed by atoms with van der Waals surface area (Å²) in [6.45, 7) is 3.48. The summed E-state index contributed by atoms with van der Waals surface area (Å²) in [5.74, 6) is -2.21. The molecule has 0 saturated heterocycles. The van der Waals surface area contributed by atoms with E-state index in [1.807, 2.05) is 0 Å². The molecule has 3 nitrogen and oxygen atoms in total. The molecule has 110 valence electrons. The van der Waals surface area contributed by atoms with Crippen LogP contribution < -0.4 is 0 Å². The monoisotopic (exact) mass is 291 g/mol. The second-order valence-corrected chi connectivity index (χ2v) is 4.95. The molecule has 1 aromatic heterocycles. The third-order valence-corrected chi connectivity index (χ3v) is 3.05. The number of hydrogen-bond donors (Lipinski definition) is 2. The first-order valence-electron chi connectivity index (χ1n) is 6.44. The molecule has 0 spiro atoms. The van der Waals surface area contributed by atoms with Gasteiger partial charge in [0.2, 0.25) is 0 Å². The van der Waals surface area contributed by atoms with Gasteiger partial charge in [-0.25, -0.2) is 8.78 Å². The van der Waals surface area contributed by atoms with Crippen LogP contribution in [0.5, 0.6) is 11.5 Å². The maximum Gasteiger partial charge on any atom is 0.172 e. The molecule has 0 radical (unpaired) electrons. The third kappa shape index (κ3) is 3.18. The zero-order valence-electron chi connectivity index (χ0n) is 11.6. The van der Waals surface area contributed by atoms with E-state index in [2.05, 4.69) is 4.98 Å². The SMILES string of the molecule is CC(C)c1c(O)cc(C=Cc2ccc(F)cn2)c(F)c1O. The van der Waals surface area contributed by atoms with Gasteiger partial charge in [-0.15, -0.1) is 0 Å². The Kier molecular flexibility index (Phi) is 4.21. The molecule has 0 bridgehead atoms. The minimum Gasteiger partial charge on any atom is -0.507 e. The van der Waals surface area contributed by atoms with Crippen LogP contribution >= 0.6 is 0 Å². The van der Waals surface area contributed by atoms with E-state index in [4.69, 9.17) is 0 Å². The first-order chi connectivity index (χ1) is 9.90. The summed E-state index contributed by atoms with van der Waals surface area (Å²) in [4.78, 5) is 3.80. The van der Waals surface area contributed by atoms with Crippen LogP contribution in [0, 0.1) is 11.6 Å². The predicted molar refractivity (Wildman–Crippen MR) is 76.9 cm³/mol. The fourth-order valence-corrected chi connectivity index (χ4v) is 2.02. The van der Waals surface area contributed by atoms with E-state index < -0.39 is 17.4 Å². The van der Waals surface area contributed by atoms with Crippen molar-refractivity contribution in [2.75, 3.05) is 0 Å². The number of phenols is 2. The summed E-state index contributed by atoms with van der Waals surface area (Å²) in [6.07, 6.45) is 3.87. The number of phenolic OH excluding ortho intramolecular Hbond substituents is 2. The first kappa shape index (κ1) is 15.0. The van der Waals surface area contributed by atoms with Crippen LogP contribution in [-0.2, 0) is 0 Å². The number of aromatic hydroxyl groups is 2. The molecule has 0 saturated carbocycles. The molecule has 1 aromatic carbocycles. The largest absolute Gasteiger partial charge is 0.507 e. The van der Waals surface area contributed by atoms with Gasteiger partial charge in [0, 0.05) is 11.1 Å². The third-order valence-electron chi connectivity index (χ3n) is 3.05. The summed E-state index contributed by atoms with van der Waals surface area (Å²) in [6, 6.07) is 3.91. The number of pyridine rings is 1. The van der Waals surface area contributed by atoms with E-state index in [0.717, 1.165) is 6.20 Å². The highest BCUT2D eigenvalue weighted by atomic mass is 19.1. The van der Waals surface area contributed by atoms with Crippen LogP contribution in [-0.4, -0.2) is 15.2 Å². The van der Waals surface area contributed by atoms with Gasteiger partial charge in [-0.2, -0.15) is 0 Å². The Morgan fingerprint density at radius 2 is 1.86 bits per heavy atom. The van der Waals surface area contributed by atoms with Crippen molar-refractivity contribution in [3.05, 3.63) is 52.9 Å². The first-order valence-corrected chi connectivity index (χ1v) is 6.44. The summed E-state index contributed by atoms with van der Waals surface area (Å²) >= 11 is 0. The van der Waals surface area contributed by atoms with E-state index in [0.29, 0.717) is 5.69 Å². The summed E-state index contributed by atoms with van der Waals surface area (Å²) in [7, 11) is 0. The molecule has 2 N–H and O–H groups in total. The predicted octanol–water partition coefficient (Wildman–Crippen LogP) is 4.06. The minimum atomic E-state index is -0.810. The van der Waals surface area contributed by atoms with E-state index in [-0.39, 0.29) is 22.8 Å². The number of halogens is 2. The molecule has 0 fully saturated rings. The number of aromatic nitrogens is 1. The smallest absolute Gasteiger partial charge is 0.172 e. The van der Waals surface area contributed by atoms with E-state index in [9.17, 15) is 19.0 Å². The zero-order chi connectivity index (χ0) is 15.6. The second-order valence-electron chi connectivity index (χ2n) is 4.95. The Morgan fingerprint density at radius 3 is 2.43 bits per heavy atom. The molecule has 2 rings (SSSR count). The molecular formula is C16H15F2NO2. The highest BCUT2D eigenvalue weighted by Crippen LogP contribution is 2.38. The van der Waals surface area contributed by atoms with Crippen molar-refractivity contribution in [3.8, 4) is 11.5 Å².